The standard InChI is InChI=1S/C19H30N2O2/c1-13(2)16-9-5-7-14(3)19(16)20-18(23)12-21(4)11-15-8-6-10-17(15)22/h5,7,9,13,15,17,22H,6,8,10-12H2,1-4H3,(H,20,23). The maximum Gasteiger partial charge on any atom is 0.238 e. The molecule has 1 aliphatic carbocycles. The van der Waals surface area contributed by atoms with Gasteiger partial charge in [-0.15, -0.1) is 0 Å². The highest BCUT2D eigenvalue weighted by atomic mass is 16.3. The molecule has 0 spiro atoms. The zero-order valence-electron chi connectivity index (χ0n) is 14.8. The van der Waals surface area contributed by atoms with Gasteiger partial charge in [-0.25, -0.2) is 0 Å². The van der Waals surface area contributed by atoms with Gasteiger partial charge in [-0.05, 0) is 49.8 Å². The molecule has 4 heteroatoms. The highest BCUT2D eigenvalue weighted by Gasteiger charge is 2.26. The molecule has 1 fully saturated rings. The molecule has 1 aromatic rings. The van der Waals surface area contributed by atoms with Crippen LogP contribution in [0.1, 0.15) is 50.2 Å². The number of amides is 1. The molecular weight excluding hydrogens is 288 g/mol. The molecule has 128 valence electrons. The van der Waals surface area contributed by atoms with E-state index in [0.29, 0.717) is 18.4 Å². The van der Waals surface area contributed by atoms with Crippen LogP contribution in [0.2, 0.25) is 0 Å². The summed E-state index contributed by atoms with van der Waals surface area (Å²) in [6.45, 7) is 7.44. The number of aliphatic hydroxyl groups is 1. The van der Waals surface area contributed by atoms with Crippen molar-refractivity contribution in [3.63, 3.8) is 0 Å². The Morgan fingerprint density at radius 1 is 1.39 bits per heavy atom. The van der Waals surface area contributed by atoms with Gasteiger partial charge in [0.1, 0.15) is 0 Å². The van der Waals surface area contributed by atoms with Crippen molar-refractivity contribution in [1.82, 2.24) is 4.90 Å². The first kappa shape index (κ1) is 18.0. The Labute approximate surface area is 139 Å². The third kappa shape index (κ3) is 4.79. The average molecular weight is 318 g/mol. The largest absolute Gasteiger partial charge is 0.393 e. The highest BCUT2D eigenvalue weighted by molar-refractivity contribution is 5.93. The van der Waals surface area contributed by atoms with Crippen LogP contribution in [0.4, 0.5) is 5.69 Å². The Morgan fingerprint density at radius 3 is 2.74 bits per heavy atom. The smallest absolute Gasteiger partial charge is 0.238 e. The Kier molecular flexibility index (Phi) is 6.19. The van der Waals surface area contributed by atoms with E-state index in [1.54, 1.807) is 0 Å². The second-order valence-electron chi connectivity index (χ2n) is 7.20. The molecule has 2 atom stereocenters. The molecule has 0 bridgehead atoms. The van der Waals surface area contributed by atoms with E-state index in [1.807, 2.05) is 31.0 Å². The van der Waals surface area contributed by atoms with Crippen molar-refractivity contribution in [2.24, 2.45) is 5.92 Å². The number of hydrogen-bond acceptors (Lipinski definition) is 3. The zero-order chi connectivity index (χ0) is 17.0. The molecule has 1 amide bonds. The first-order valence-corrected chi connectivity index (χ1v) is 8.64. The quantitative estimate of drug-likeness (QED) is 0.847. The average Bonchev–Trinajstić information content (AvgIpc) is 2.86. The fourth-order valence-electron chi connectivity index (χ4n) is 3.46. The summed E-state index contributed by atoms with van der Waals surface area (Å²) in [6.07, 6.45) is 2.84. The Bertz CT molecular complexity index is 542. The van der Waals surface area contributed by atoms with Gasteiger partial charge in [-0.2, -0.15) is 0 Å². The van der Waals surface area contributed by atoms with E-state index < -0.39 is 0 Å². The van der Waals surface area contributed by atoms with Crippen LogP contribution in [-0.4, -0.2) is 42.2 Å². The number of para-hydroxylation sites is 1. The van der Waals surface area contributed by atoms with E-state index in [9.17, 15) is 9.90 Å². The highest BCUT2D eigenvalue weighted by Crippen LogP contribution is 2.28. The van der Waals surface area contributed by atoms with Crippen molar-refractivity contribution in [2.45, 2.75) is 52.1 Å². The van der Waals surface area contributed by atoms with Crippen LogP contribution in [0, 0.1) is 12.8 Å². The van der Waals surface area contributed by atoms with Crippen LogP contribution in [-0.2, 0) is 4.79 Å². The van der Waals surface area contributed by atoms with Gasteiger partial charge in [0.25, 0.3) is 0 Å². The summed E-state index contributed by atoms with van der Waals surface area (Å²) in [5.41, 5.74) is 3.22. The minimum atomic E-state index is -0.204. The fourth-order valence-corrected chi connectivity index (χ4v) is 3.46. The lowest BCUT2D eigenvalue weighted by Crippen LogP contribution is -2.36. The number of rotatable bonds is 6. The van der Waals surface area contributed by atoms with Gasteiger partial charge in [0, 0.05) is 12.2 Å². The number of aryl methyl sites for hydroxylation is 1. The van der Waals surface area contributed by atoms with Gasteiger partial charge in [0.2, 0.25) is 5.91 Å². The summed E-state index contributed by atoms with van der Waals surface area (Å²) in [7, 11) is 1.95. The summed E-state index contributed by atoms with van der Waals surface area (Å²) in [4.78, 5) is 14.4. The lowest BCUT2D eigenvalue weighted by molar-refractivity contribution is -0.117. The summed E-state index contributed by atoms with van der Waals surface area (Å²) >= 11 is 0. The lowest BCUT2D eigenvalue weighted by atomic mass is 9.98. The molecule has 2 rings (SSSR count). The van der Waals surface area contributed by atoms with Crippen LogP contribution >= 0.6 is 0 Å². The summed E-state index contributed by atoms with van der Waals surface area (Å²) in [5.74, 6) is 0.685. The monoisotopic (exact) mass is 318 g/mol. The predicted molar refractivity (Wildman–Crippen MR) is 94.7 cm³/mol. The molecule has 0 aliphatic heterocycles. The van der Waals surface area contributed by atoms with E-state index in [4.69, 9.17) is 0 Å². The molecule has 1 saturated carbocycles. The van der Waals surface area contributed by atoms with Crippen molar-refractivity contribution in [2.75, 3.05) is 25.5 Å². The summed E-state index contributed by atoms with van der Waals surface area (Å²) in [5, 5.41) is 13.0. The fraction of sp³-hybridized carbons (Fsp3) is 0.632. The Balaban J connectivity index is 1.94. The minimum absolute atomic E-state index is 0.0104. The number of anilines is 1. The topological polar surface area (TPSA) is 52.6 Å². The van der Waals surface area contributed by atoms with Crippen molar-refractivity contribution in [1.29, 1.82) is 0 Å². The van der Waals surface area contributed by atoms with Gasteiger partial charge >= 0.3 is 0 Å². The van der Waals surface area contributed by atoms with Crippen molar-refractivity contribution >= 4 is 11.6 Å². The third-order valence-electron chi connectivity index (χ3n) is 4.77. The zero-order valence-corrected chi connectivity index (χ0v) is 14.8. The number of hydrogen-bond donors (Lipinski definition) is 2. The first-order valence-electron chi connectivity index (χ1n) is 8.64. The number of carbonyl (C=O) groups excluding carboxylic acids is 1. The molecule has 0 aromatic heterocycles. The van der Waals surface area contributed by atoms with E-state index >= 15 is 0 Å². The first-order chi connectivity index (χ1) is 10.9. The Hall–Kier alpha value is -1.39. The lowest BCUT2D eigenvalue weighted by Gasteiger charge is -2.23. The van der Waals surface area contributed by atoms with E-state index in [0.717, 1.165) is 37.1 Å². The van der Waals surface area contributed by atoms with Crippen molar-refractivity contribution < 1.29 is 9.90 Å². The van der Waals surface area contributed by atoms with Crippen LogP contribution in [0.3, 0.4) is 0 Å². The number of carbonyl (C=O) groups is 1. The van der Waals surface area contributed by atoms with Crippen LogP contribution in [0.15, 0.2) is 18.2 Å². The Morgan fingerprint density at radius 2 is 2.13 bits per heavy atom. The maximum absolute atomic E-state index is 12.4. The summed E-state index contributed by atoms with van der Waals surface area (Å²) < 4.78 is 0. The predicted octanol–water partition coefficient (Wildman–Crippen LogP) is 3.15. The molecular formula is C19H30N2O2. The number of aliphatic hydroxyl groups excluding tert-OH is 1. The number of nitrogens with zero attached hydrogens (tertiary/aromatic N) is 1. The number of nitrogens with one attached hydrogen (secondary N) is 1. The molecule has 0 radical (unpaired) electrons. The SMILES string of the molecule is Cc1cccc(C(C)C)c1NC(=O)CN(C)CC1CCCC1O. The van der Waals surface area contributed by atoms with Crippen molar-refractivity contribution in [3.05, 3.63) is 29.3 Å². The van der Waals surface area contributed by atoms with E-state index in [1.165, 1.54) is 5.56 Å². The van der Waals surface area contributed by atoms with Gasteiger partial charge in [0.15, 0.2) is 0 Å². The van der Waals surface area contributed by atoms with Gasteiger partial charge in [-0.3, -0.25) is 9.69 Å². The molecule has 0 heterocycles. The molecule has 2 unspecified atom stereocenters. The molecule has 0 saturated heterocycles. The van der Waals surface area contributed by atoms with Gasteiger partial charge in [0.05, 0.1) is 12.6 Å². The van der Waals surface area contributed by atoms with E-state index in [2.05, 4.69) is 25.2 Å². The number of benzene rings is 1. The molecule has 1 aromatic carbocycles. The summed E-state index contributed by atoms with van der Waals surface area (Å²) in [6, 6.07) is 6.14. The second-order valence-corrected chi connectivity index (χ2v) is 7.20. The third-order valence-corrected chi connectivity index (χ3v) is 4.77. The van der Waals surface area contributed by atoms with Gasteiger partial charge < -0.3 is 10.4 Å². The molecule has 2 N–H and O–H groups in total. The van der Waals surface area contributed by atoms with E-state index in [-0.39, 0.29) is 12.0 Å². The molecule has 1 aliphatic rings. The molecule has 23 heavy (non-hydrogen) atoms. The van der Waals surface area contributed by atoms with Crippen LogP contribution < -0.4 is 5.32 Å². The second kappa shape index (κ2) is 7.93. The van der Waals surface area contributed by atoms with Gasteiger partial charge in [-0.1, -0.05) is 38.5 Å². The maximum atomic E-state index is 12.4. The van der Waals surface area contributed by atoms with Crippen LogP contribution in [0.25, 0.3) is 0 Å². The molecule has 4 nitrogen and oxygen atoms in total. The van der Waals surface area contributed by atoms with Crippen LogP contribution in [0.5, 0.6) is 0 Å². The number of likely N-dealkylation sites (N-methyl/N-ethyl adjacent to an activating group) is 1. The minimum Gasteiger partial charge on any atom is -0.393 e. The van der Waals surface area contributed by atoms with Crippen molar-refractivity contribution in [3.8, 4) is 0 Å². The normalized spacial score (nSPS) is 21.2.